The van der Waals surface area contributed by atoms with Gasteiger partial charge in [-0.2, -0.15) is 0 Å². The Bertz CT molecular complexity index is 1970. The number of ether oxygens (including phenoxy) is 8. The van der Waals surface area contributed by atoms with Crippen molar-refractivity contribution in [3.63, 3.8) is 0 Å². The minimum atomic E-state index is -1.03. The lowest BCUT2D eigenvalue weighted by Crippen LogP contribution is -2.47. The van der Waals surface area contributed by atoms with Crippen molar-refractivity contribution >= 4 is 47.9 Å². The molecule has 0 spiro atoms. The summed E-state index contributed by atoms with van der Waals surface area (Å²) < 4.78 is 39.6. The molecule has 21 nitrogen and oxygen atoms in total. The number of hydrogen-bond acceptors (Lipinski definition) is 18. The van der Waals surface area contributed by atoms with Crippen molar-refractivity contribution in [3.8, 4) is 0 Å². The maximum atomic E-state index is 11.8. The minimum Gasteiger partial charge on any atom is -0.480 e. The molecule has 0 unspecified atom stereocenters. The number of carboxylic acids is 2. The van der Waals surface area contributed by atoms with Crippen LogP contribution >= 0.6 is 0 Å². The van der Waals surface area contributed by atoms with E-state index in [2.05, 4.69) is 59.3 Å². The van der Waals surface area contributed by atoms with Gasteiger partial charge in [0.05, 0.1) is 46.1 Å². The van der Waals surface area contributed by atoms with Crippen LogP contribution in [0.25, 0.3) is 0 Å². The van der Waals surface area contributed by atoms with Crippen LogP contribution in [0, 0.1) is 39.4 Å². The second-order valence-electron chi connectivity index (χ2n) is 23.3. The lowest BCUT2D eigenvalue weighted by Gasteiger charge is -2.29. The van der Waals surface area contributed by atoms with E-state index in [0.717, 1.165) is 38.5 Å². The Morgan fingerprint density at radius 1 is 0.565 bits per heavy atom. The number of esters is 5. The number of carbonyl (C=O) groups is 8. The highest BCUT2D eigenvalue weighted by atomic mass is 16.6. The maximum Gasteiger partial charge on any atom is 0.407 e. The van der Waals surface area contributed by atoms with E-state index in [0.29, 0.717) is 70.7 Å². The highest BCUT2D eigenvalue weighted by Gasteiger charge is 2.42. The van der Waals surface area contributed by atoms with Crippen LogP contribution in [0.4, 0.5) is 4.79 Å². The first kappa shape index (κ1) is 85.5. The van der Waals surface area contributed by atoms with Crippen molar-refractivity contribution in [1.29, 1.82) is 0 Å². The highest BCUT2D eigenvalue weighted by molar-refractivity contribution is 6.14. The topological polar surface area (TPSA) is 309 Å². The molecular weight excluding hydrogens is 1100 g/mol. The molecule has 2 heterocycles. The van der Waals surface area contributed by atoms with Gasteiger partial charge in [-0.25, -0.2) is 19.2 Å². The van der Waals surface area contributed by atoms with Gasteiger partial charge in [-0.15, -0.1) is 26.3 Å². The number of amides is 1. The first-order valence-corrected chi connectivity index (χ1v) is 29.5. The van der Waals surface area contributed by atoms with E-state index in [1.807, 2.05) is 52.8 Å². The van der Waals surface area contributed by atoms with Gasteiger partial charge in [0.1, 0.15) is 17.7 Å². The molecule has 0 aliphatic carbocycles. The number of hydrogen-bond donors (Lipinski definition) is 5. The fraction of sp³-hybridized carbons (Fsp3) is 0.719. The molecule has 0 aromatic rings. The molecule has 85 heavy (non-hydrogen) atoms. The molecule has 2 rings (SSSR count). The van der Waals surface area contributed by atoms with E-state index in [-0.39, 0.29) is 79.3 Å². The molecule has 2 fully saturated rings. The van der Waals surface area contributed by atoms with Gasteiger partial charge in [-0.3, -0.25) is 19.2 Å². The normalized spacial score (nSPS) is 14.0. The van der Waals surface area contributed by atoms with Crippen LogP contribution in [-0.2, 0) is 71.5 Å². The Hall–Kier alpha value is -5.90. The Morgan fingerprint density at radius 2 is 0.953 bits per heavy atom. The average Bonchev–Trinajstić information content (AvgIpc) is 3.45. The number of nitrogens with one attached hydrogen (secondary N) is 1. The van der Waals surface area contributed by atoms with Crippen molar-refractivity contribution in [1.82, 2.24) is 5.32 Å². The van der Waals surface area contributed by atoms with Gasteiger partial charge < -0.3 is 64.3 Å². The van der Waals surface area contributed by atoms with Crippen molar-refractivity contribution in [2.24, 2.45) is 45.1 Å². The third-order valence-electron chi connectivity index (χ3n) is 13.1. The number of aliphatic hydroxyl groups excluding tert-OH is 1. The zero-order valence-corrected chi connectivity index (χ0v) is 54.5. The fourth-order valence-corrected chi connectivity index (χ4v) is 8.22. The van der Waals surface area contributed by atoms with Crippen LogP contribution < -0.4 is 11.1 Å². The molecule has 2 aliphatic rings. The Balaban J connectivity index is -0.000000475. The maximum absolute atomic E-state index is 11.8. The van der Waals surface area contributed by atoms with Gasteiger partial charge in [0, 0.05) is 33.0 Å². The molecule has 0 radical (unpaired) electrons. The van der Waals surface area contributed by atoms with E-state index in [1.165, 1.54) is 0 Å². The Kier molecular flexibility index (Phi) is 48.6. The monoisotopic (exact) mass is 1210 g/mol. The van der Waals surface area contributed by atoms with Crippen molar-refractivity contribution in [2.75, 3.05) is 72.7 Å². The number of carboxylic acid groups (broad SMARTS) is 2. The van der Waals surface area contributed by atoms with Gasteiger partial charge in [0.2, 0.25) is 0 Å². The fourth-order valence-electron chi connectivity index (χ4n) is 8.22. The molecule has 0 aromatic heterocycles. The van der Waals surface area contributed by atoms with Gasteiger partial charge in [-0.1, -0.05) is 85.3 Å². The molecule has 2 saturated heterocycles. The summed E-state index contributed by atoms with van der Waals surface area (Å²) in [6, 6.07) is -1.63. The molecule has 0 bridgehead atoms. The van der Waals surface area contributed by atoms with Crippen LogP contribution in [-0.4, -0.2) is 148 Å². The zero-order valence-electron chi connectivity index (χ0n) is 54.5. The second kappa shape index (κ2) is 48.2. The Morgan fingerprint density at radius 3 is 1.31 bits per heavy atom. The van der Waals surface area contributed by atoms with Crippen LogP contribution in [0.1, 0.15) is 174 Å². The number of alkyl carbamates (subject to hydrolysis) is 1. The summed E-state index contributed by atoms with van der Waals surface area (Å²) in [5, 5.41) is 28.9. The third kappa shape index (κ3) is 42.6. The van der Waals surface area contributed by atoms with Crippen molar-refractivity contribution in [2.45, 2.75) is 187 Å². The number of carbonyl (C=O) groups excluding carboxylic acids is 6. The van der Waals surface area contributed by atoms with Crippen LogP contribution in [0.2, 0.25) is 0 Å². The lowest BCUT2D eigenvalue weighted by molar-refractivity contribution is -0.167. The third-order valence-corrected chi connectivity index (χ3v) is 13.1. The second-order valence-corrected chi connectivity index (χ2v) is 23.3. The highest BCUT2D eigenvalue weighted by Crippen LogP contribution is 2.33. The summed E-state index contributed by atoms with van der Waals surface area (Å²) >= 11 is 0. The zero-order chi connectivity index (χ0) is 66.4. The summed E-state index contributed by atoms with van der Waals surface area (Å²) in [6.07, 6.45) is 14.6. The van der Waals surface area contributed by atoms with E-state index in [9.17, 15) is 43.5 Å². The molecule has 21 heteroatoms. The quantitative estimate of drug-likeness (QED) is 0.0111. The lowest BCUT2D eigenvalue weighted by atomic mass is 9.76. The summed E-state index contributed by atoms with van der Waals surface area (Å²) in [7, 11) is 0. The van der Waals surface area contributed by atoms with Crippen LogP contribution in [0.5, 0.6) is 0 Å². The molecule has 2 atom stereocenters. The van der Waals surface area contributed by atoms with Crippen LogP contribution in [0.15, 0.2) is 61.8 Å². The van der Waals surface area contributed by atoms with Crippen molar-refractivity contribution < 1.29 is 91.6 Å². The largest absolute Gasteiger partial charge is 0.480 e. The van der Waals surface area contributed by atoms with E-state index < -0.39 is 65.3 Å². The van der Waals surface area contributed by atoms with E-state index in [1.54, 1.807) is 47.6 Å². The summed E-state index contributed by atoms with van der Waals surface area (Å²) in [4.78, 5) is 90.9. The molecular formula is C64H112N2O19. The van der Waals surface area contributed by atoms with Crippen LogP contribution in [0.3, 0.4) is 0 Å². The molecule has 492 valence electrons. The van der Waals surface area contributed by atoms with E-state index in [4.69, 9.17) is 53.8 Å². The molecule has 0 aromatic carbocycles. The number of rotatable bonds is 30. The predicted octanol–water partition coefficient (Wildman–Crippen LogP) is 10.7. The Labute approximate surface area is 509 Å². The van der Waals surface area contributed by atoms with Gasteiger partial charge >= 0.3 is 47.9 Å². The van der Waals surface area contributed by atoms with Gasteiger partial charge in [0.25, 0.3) is 0 Å². The summed E-state index contributed by atoms with van der Waals surface area (Å²) in [5.74, 6) is -5.28. The molecule has 2 aliphatic heterocycles. The number of allylic oxidation sites excluding steroid dienone is 5. The summed E-state index contributed by atoms with van der Waals surface area (Å²) in [5.41, 5.74) is 5.70. The predicted molar refractivity (Wildman–Crippen MR) is 329 cm³/mol. The number of nitrogens with two attached hydrogens (primary N) is 1. The van der Waals surface area contributed by atoms with Gasteiger partial charge in [0.15, 0.2) is 5.92 Å². The molecule has 6 N–H and O–H groups in total. The average molecular weight is 1210 g/mol. The smallest absolute Gasteiger partial charge is 0.407 e. The van der Waals surface area contributed by atoms with E-state index >= 15 is 0 Å². The first-order valence-electron chi connectivity index (χ1n) is 29.5. The summed E-state index contributed by atoms with van der Waals surface area (Å²) in [6.45, 7) is 47.0. The van der Waals surface area contributed by atoms with Gasteiger partial charge in [-0.05, 0) is 146 Å². The first-order chi connectivity index (χ1) is 39.6. The molecule has 0 saturated carbocycles. The minimum absolute atomic E-state index is 0.00583. The molecule has 1 amide bonds. The number of aliphatic carboxylic acids is 2. The number of aliphatic hydroxyl groups is 1. The SMILES string of the molecule is C=CCC(C)(C)C(C(=O)OCC)C(=O)OCC.C=CCC(C)(C)CC(=O)OCC.C=CCC(C)(C)CCO.C=CCC(C)(C)CCOC(=O)N[C@H](C(=O)O)C1CCOCC1.CCOC(=O)C(C(=O)OCC)=C(C)C.N[C@H](C(=O)O)C1CCOCC1. The standard InChI is InChI=1S/C16H27NO5.C13H22O4.C10H16O4.C10H18O2.C8H16O.C7H13NO3/c1-4-7-16(2,3)8-11-22-15(20)17-13(14(18)19)12-5-9-21-10-6-12;1-6-9-13(4,5)10(11(14)16-7-2)12(15)17-8-3;1-5-13-9(11)8(7(3)4)10(12)14-6-2;1-5-7-10(3,4)8-9(11)12-6-2;1-4-5-8(2,3)6-7-9;8-6(7(9)10)5-1-3-11-4-2-5/h4,12-13H,1,5-11H2,2-3H3,(H,17,20)(H,18,19);6,10H,1,7-9H2,2-5H3;5-6H2,1-4H3;5H,1,6-8H2,2-4H3;4,9H,1,5-7H2,2-3H3;5-6H,1-4,8H2,(H,9,10)/t13-;;;;;6-/m0....0/s1. The van der Waals surface area contributed by atoms with Crippen molar-refractivity contribution in [3.05, 3.63) is 61.8 Å².